The van der Waals surface area contributed by atoms with Crippen molar-refractivity contribution in [2.24, 2.45) is 5.92 Å². The van der Waals surface area contributed by atoms with E-state index in [1.54, 1.807) is 0 Å². The lowest BCUT2D eigenvalue weighted by Gasteiger charge is -2.26. The summed E-state index contributed by atoms with van der Waals surface area (Å²) in [6.07, 6.45) is 23.3. The van der Waals surface area contributed by atoms with E-state index < -0.39 is 0 Å². The number of rotatable bonds is 9. The van der Waals surface area contributed by atoms with E-state index in [0.29, 0.717) is 5.92 Å². The molecule has 0 saturated carbocycles. The molecule has 3 aliphatic rings. The third-order valence-corrected chi connectivity index (χ3v) is 13.8. The van der Waals surface area contributed by atoms with Gasteiger partial charge in [-0.1, -0.05) is 206 Å². The van der Waals surface area contributed by atoms with E-state index in [-0.39, 0.29) is 0 Å². The first-order valence-corrected chi connectivity index (χ1v) is 23.9. The van der Waals surface area contributed by atoms with Crippen LogP contribution in [0.4, 0.5) is 17.1 Å². The van der Waals surface area contributed by atoms with Crippen LogP contribution in [0.1, 0.15) is 35.2 Å². The fourth-order valence-electron chi connectivity index (χ4n) is 10.5. The van der Waals surface area contributed by atoms with Crippen molar-refractivity contribution >= 4 is 39.1 Å². The number of aryl methyl sites for hydroxylation is 1. The fourth-order valence-corrected chi connectivity index (χ4v) is 10.5. The average Bonchev–Trinajstić information content (AvgIpc) is 3.75. The Balaban J connectivity index is 0.939. The van der Waals surface area contributed by atoms with Crippen LogP contribution in [0.5, 0.6) is 0 Å². The number of fused-ring (bicyclic) bond motifs is 5. The molecular formula is C66H50N2. The Hall–Kier alpha value is -8.46. The first-order valence-electron chi connectivity index (χ1n) is 23.9. The molecule has 0 fully saturated rings. The molecule has 12 rings (SSSR count). The van der Waals surface area contributed by atoms with Crippen LogP contribution in [-0.4, -0.2) is 4.57 Å². The second-order valence-corrected chi connectivity index (χ2v) is 17.9. The normalized spacial score (nSPS) is 17.3. The van der Waals surface area contributed by atoms with Gasteiger partial charge in [-0.3, -0.25) is 0 Å². The second kappa shape index (κ2) is 18.1. The number of allylic oxidation sites excluding steroid dienone is 11. The Bertz CT molecular complexity index is 3470. The quantitative estimate of drug-likeness (QED) is 0.140. The SMILES string of the molecule is C1=C2/C=C\C=C\C(C1)/C(c1ccc(-c3ccc(N(c4ccc(-c5ccccc5)cc4)c4cccc(-c5cccc6c5c5c(n6-c6ccccc6)C(c6ccccc6)=CCC5)c4)cc3)cc1)=C\C=C/2. The van der Waals surface area contributed by atoms with Crippen LogP contribution < -0.4 is 4.90 Å². The van der Waals surface area contributed by atoms with Crippen LogP contribution in [0.2, 0.25) is 0 Å². The van der Waals surface area contributed by atoms with Gasteiger partial charge in [0.1, 0.15) is 0 Å². The molecule has 0 amide bonds. The predicted octanol–water partition coefficient (Wildman–Crippen LogP) is 17.5. The van der Waals surface area contributed by atoms with E-state index in [2.05, 4.69) is 270 Å². The van der Waals surface area contributed by atoms with Crippen LogP contribution in [0, 0.1) is 5.92 Å². The van der Waals surface area contributed by atoms with Gasteiger partial charge < -0.3 is 9.47 Å². The van der Waals surface area contributed by atoms with Gasteiger partial charge in [-0.25, -0.2) is 0 Å². The van der Waals surface area contributed by atoms with E-state index in [1.807, 2.05) is 0 Å². The van der Waals surface area contributed by atoms with Crippen molar-refractivity contribution in [1.82, 2.24) is 4.57 Å². The van der Waals surface area contributed by atoms with E-state index in [9.17, 15) is 0 Å². The lowest BCUT2D eigenvalue weighted by Crippen LogP contribution is -2.10. The number of hydrogen-bond donors (Lipinski definition) is 0. The minimum atomic E-state index is 0.342. The van der Waals surface area contributed by atoms with Gasteiger partial charge in [0.25, 0.3) is 0 Å². The van der Waals surface area contributed by atoms with Gasteiger partial charge in [0, 0.05) is 39.6 Å². The molecule has 2 bridgehead atoms. The molecule has 3 aliphatic carbocycles. The summed E-state index contributed by atoms with van der Waals surface area (Å²) < 4.78 is 2.50. The lowest BCUT2D eigenvalue weighted by atomic mass is 9.86. The zero-order chi connectivity index (χ0) is 45.2. The van der Waals surface area contributed by atoms with Gasteiger partial charge in [-0.05, 0) is 135 Å². The zero-order valence-electron chi connectivity index (χ0n) is 37.9. The molecular weight excluding hydrogens is 821 g/mol. The Morgan fingerprint density at radius 3 is 1.75 bits per heavy atom. The van der Waals surface area contributed by atoms with Crippen LogP contribution in [0.3, 0.4) is 0 Å². The lowest BCUT2D eigenvalue weighted by molar-refractivity contribution is 0.847. The van der Waals surface area contributed by atoms with Crippen molar-refractivity contribution in [3.63, 3.8) is 0 Å². The third kappa shape index (κ3) is 7.80. The molecule has 2 heteroatoms. The number of benzene rings is 8. The average molecular weight is 871 g/mol. The van der Waals surface area contributed by atoms with E-state index in [0.717, 1.165) is 36.3 Å². The third-order valence-electron chi connectivity index (χ3n) is 13.8. The summed E-state index contributed by atoms with van der Waals surface area (Å²) in [5.41, 5.74) is 22.1. The Morgan fingerprint density at radius 2 is 1.04 bits per heavy atom. The van der Waals surface area contributed by atoms with Crippen molar-refractivity contribution in [3.05, 3.63) is 289 Å². The summed E-state index contributed by atoms with van der Waals surface area (Å²) in [6.45, 7) is 0. The summed E-state index contributed by atoms with van der Waals surface area (Å²) in [4.78, 5) is 2.40. The van der Waals surface area contributed by atoms with E-state index >= 15 is 0 Å². The van der Waals surface area contributed by atoms with Crippen LogP contribution in [0.15, 0.2) is 267 Å². The molecule has 1 heterocycles. The smallest absolute Gasteiger partial charge is 0.0576 e. The topological polar surface area (TPSA) is 8.17 Å². The summed E-state index contributed by atoms with van der Waals surface area (Å²) in [5.74, 6) is 0.342. The minimum absolute atomic E-state index is 0.342. The highest BCUT2D eigenvalue weighted by Gasteiger charge is 2.27. The maximum atomic E-state index is 2.50. The first-order chi connectivity index (χ1) is 33.7. The highest BCUT2D eigenvalue weighted by molar-refractivity contribution is 6.04. The molecule has 0 radical (unpaired) electrons. The molecule has 1 atom stereocenters. The monoisotopic (exact) mass is 870 g/mol. The van der Waals surface area contributed by atoms with Crippen molar-refractivity contribution in [3.8, 4) is 39.1 Å². The number of anilines is 3. The molecule has 9 aromatic rings. The molecule has 0 aliphatic heterocycles. The highest BCUT2D eigenvalue weighted by atomic mass is 15.1. The van der Waals surface area contributed by atoms with Gasteiger partial charge in [-0.15, -0.1) is 0 Å². The number of aromatic nitrogens is 1. The van der Waals surface area contributed by atoms with Crippen LogP contribution in [0.25, 0.3) is 61.1 Å². The highest BCUT2D eigenvalue weighted by Crippen LogP contribution is 2.45. The molecule has 8 aromatic carbocycles. The summed E-state index contributed by atoms with van der Waals surface area (Å²) >= 11 is 0. The molecule has 0 spiro atoms. The number of nitrogens with zero attached hydrogens (tertiary/aromatic N) is 2. The van der Waals surface area contributed by atoms with Gasteiger partial charge >= 0.3 is 0 Å². The Kier molecular flexibility index (Phi) is 10.9. The van der Waals surface area contributed by atoms with Gasteiger partial charge in [0.05, 0.1) is 11.2 Å². The Labute approximate surface area is 399 Å². The fraction of sp³-hybridized carbons (Fsp3) is 0.0606. The molecule has 0 N–H and O–H groups in total. The molecule has 0 saturated heterocycles. The van der Waals surface area contributed by atoms with Gasteiger partial charge in [0.15, 0.2) is 0 Å². The molecule has 2 nitrogen and oxygen atoms in total. The van der Waals surface area contributed by atoms with Crippen LogP contribution >= 0.6 is 0 Å². The maximum Gasteiger partial charge on any atom is 0.0576 e. The maximum absolute atomic E-state index is 2.50. The van der Waals surface area contributed by atoms with Crippen molar-refractivity contribution < 1.29 is 0 Å². The minimum Gasteiger partial charge on any atom is -0.310 e. The van der Waals surface area contributed by atoms with Gasteiger partial charge in [-0.2, -0.15) is 0 Å². The van der Waals surface area contributed by atoms with Crippen molar-refractivity contribution in [1.29, 1.82) is 0 Å². The summed E-state index contributed by atoms with van der Waals surface area (Å²) in [6, 6.07) is 75.6. The predicted molar refractivity (Wildman–Crippen MR) is 288 cm³/mol. The van der Waals surface area contributed by atoms with E-state index in [1.165, 1.54) is 89.1 Å². The van der Waals surface area contributed by atoms with E-state index in [4.69, 9.17) is 0 Å². The first kappa shape index (κ1) is 41.0. The number of para-hydroxylation sites is 1. The molecule has 1 aromatic heterocycles. The van der Waals surface area contributed by atoms with Crippen molar-refractivity contribution in [2.75, 3.05) is 4.90 Å². The molecule has 1 unspecified atom stereocenters. The summed E-state index contributed by atoms with van der Waals surface area (Å²) in [7, 11) is 0. The Morgan fingerprint density at radius 1 is 0.456 bits per heavy atom. The zero-order valence-corrected chi connectivity index (χ0v) is 37.9. The van der Waals surface area contributed by atoms with Crippen LogP contribution in [-0.2, 0) is 6.42 Å². The molecule has 68 heavy (non-hydrogen) atoms. The van der Waals surface area contributed by atoms with Gasteiger partial charge in [0.2, 0.25) is 0 Å². The molecule has 324 valence electrons. The largest absolute Gasteiger partial charge is 0.310 e. The summed E-state index contributed by atoms with van der Waals surface area (Å²) in [5, 5.41) is 1.32. The number of hydrogen-bond acceptors (Lipinski definition) is 1. The second-order valence-electron chi connectivity index (χ2n) is 17.9. The standard InChI is InChI=1S/C66H50N2/c1-4-18-48(19-5-1)50-38-42-57(43-39-50)67(58-44-40-51(41-45-58)49-34-36-54(37-35-49)60-27-12-17-47-16-10-11-22-53(60)33-32-47)59-26-13-23-55(46-59)61-28-15-31-64-65(61)63-30-14-29-62(52-20-6-2-7-21-52)66(63)68(64)56-24-8-3-9-25-56/h1-13,15-29,31-32,34-46,53H,14,30,33H2/b16-10-,17-12-,22-11+,47-32?,60-27+. The van der Waals surface area contributed by atoms with Crippen molar-refractivity contribution in [2.45, 2.75) is 19.3 Å².